The van der Waals surface area contributed by atoms with Crippen molar-refractivity contribution in [3.8, 4) is 16.9 Å². The molecule has 1 heterocycles. The molecule has 1 aliphatic heterocycles. The van der Waals surface area contributed by atoms with Crippen molar-refractivity contribution in [1.29, 1.82) is 0 Å². The second-order valence-electron chi connectivity index (χ2n) is 12.9. The molecule has 43 heavy (non-hydrogen) atoms. The van der Waals surface area contributed by atoms with Gasteiger partial charge in [0.25, 0.3) is 5.91 Å². The van der Waals surface area contributed by atoms with Crippen LogP contribution in [0.4, 0.5) is 0 Å². The largest absolute Gasteiger partial charge is 0.510 e. The number of benzene rings is 2. The molecule has 2 aromatic rings. The van der Waals surface area contributed by atoms with Crippen LogP contribution in [0.2, 0.25) is 0 Å². The van der Waals surface area contributed by atoms with Gasteiger partial charge >= 0.3 is 0 Å². The van der Waals surface area contributed by atoms with Gasteiger partial charge in [-0.05, 0) is 99.8 Å². The molecule has 3 unspecified atom stereocenters. The number of hydrogen-bond acceptors (Lipinski definition) is 8. The summed E-state index contributed by atoms with van der Waals surface area (Å²) in [7, 11) is 3.42. The monoisotopic (exact) mass is 585 g/mol. The molecule has 1 saturated heterocycles. The molecule has 9 heteroatoms. The lowest BCUT2D eigenvalue weighted by Gasteiger charge is -2.46. The Bertz CT molecular complexity index is 1600. The van der Waals surface area contributed by atoms with Crippen LogP contribution in [-0.2, 0) is 27.3 Å². The van der Waals surface area contributed by atoms with Crippen molar-refractivity contribution in [2.24, 2.45) is 23.5 Å². The third kappa shape index (κ3) is 4.57. The number of allylic oxidation sites excluding steroid dienone is 1. The van der Waals surface area contributed by atoms with Crippen LogP contribution >= 0.6 is 0 Å². The number of phenols is 1. The summed E-state index contributed by atoms with van der Waals surface area (Å²) in [4.78, 5) is 43.8. The maximum absolute atomic E-state index is 14.0. The minimum absolute atomic E-state index is 0.0861. The summed E-state index contributed by atoms with van der Waals surface area (Å²) >= 11 is 0. The fourth-order valence-electron chi connectivity index (χ4n) is 8.14. The lowest BCUT2D eigenvalue weighted by atomic mass is 9.59. The van der Waals surface area contributed by atoms with Crippen LogP contribution in [0.3, 0.4) is 0 Å². The standard InChI is InChI=1S/C34H39N3O6/c1-16-8-9-17(2)37(16)15-18-6-5-7-19(12-18)21-10-11-24(38)26-22(21)13-20-14-23-27(31(40)25(20)30(26)39)32(41)28(34(35)43)33(42)29(23)36(3)4/h5-7,10-12,16-17,20,23,27,29,38-39,42H,8-9,13-15H2,1-4H3,(H2,35,43)/t16-,17-,20?,23?,27?,29+/m1/s1. The number of hydrogen-bond donors (Lipinski definition) is 4. The summed E-state index contributed by atoms with van der Waals surface area (Å²) in [5.41, 5.74) is 8.90. The molecule has 2 aromatic carbocycles. The van der Waals surface area contributed by atoms with E-state index in [1.807, 2.05) is 18.2 Å². The molecular weight excluding hydrogens is 546 g/mol. The highest BCUT2D eigenvalue weighted by atomic mass is 16.3. The first-order valence-electron chi connectivity index (χ1n) is 15.0. The number of phenolic OH excluding ortho intramolecular Hbond substituents is 1. The average Bonchev–Trinajstić information content (AvgIpc) is 3.24. The zero-order valence-electron chi connectivity index (χ0n) is 25.0. The summed E-state index contributed by atoms with van der Waals surface area (Å²) in [5.74, 6) is -5.73. The average molecular weight is 586 g/mol. The van der Waals surface area contributed by atoms with Gasteiger partial charge in [0.15, 0.2) is 11.6 Å². The second kappa shape index (κ2) is 10.6. The van der Waals surface area contributed by atoms with E-state index in [9.17, 15) is 29.7 Å². The number of amides is 1. The SMILES string of the molecule is C[C@@H]1CC[C@@H](C)N1Cc1cccc(-c2ccc(O)c3c2CC2CC4C(C(=O)C(C(N)=O)=C(O)[C@H]4N(C)C)C(=O)C2=C3O)c1. The Labute approximate surface area is 251 Å². The minimum atomic E-state index is -1.27. The van der Waals surface area contributed by atoms with Gasteiger partial charge in [-0.25, -0.2) is 0 Å². The molecule has 3 aliphatic carbocycles. The first-order chi connectivity index (χ1) is 20.4. The van der Waals surface area contributed by atoms with Crippen LogP contribution in [0.25, 0.3) is 16.9 Å². The predicted octanol–water partition coefficient (Wildman–Crippen LogP) is 3.89. The minimum Gasteiger partial charge on any atom is -0.510 e. The smallest absolute Gasteiger partial charge is 0.255 e. The molecule has 0 radical (unpaired) electrons. The number of nitrogens with two attached hydrogens (primary N) is 1. The maximum atomic E-state index is 14.0. The third-order valence-electron chi connectivity index (χ3n) is 10.2. The number of aliphatic hydroxyl groups excluding tert-OH is 2. The lowest BCUT2D eigenvalue weighted by molar-refractivity contribution is -0.136. The number of primary amides is 1. The number of aromatic hydroxyl groups is 1. The molecule has 2 fully saturated rings. The number of rotatable bonds is 5. The van der Waals surface area contributed by atoms with Crippen molar-refractivity contribution in [3.63, 3.8) is 0 Å². The van der Waals surface area contributed by atoms with Crippen LogP contribution in [0, 0.1) is 17.8 Å². The van der Waals surface area contributed by atoms with Gasteiger partial charge in [-0.3, -0.25) is 24.2 Å². The number of ketones is 2. The van der Waals surface area contributed by atoms with E-state index in [1.165, 1.54) is 24.5 Å². The Kier molecular flexibility index (Phi) is 7.21. The molecule has 5 N–H and O–H groups in total. The van der Waals surface area contributed by atoms with Gasteiger partial charge in [-0.15, -0.1) is 0 Å². The molecule has 0 aromatic heterocycles. The van der Waals surface area contributed by atoms with E-state index >= 15 is 0 Å². The Morgan fingerprint density at radius 2 is 1.72 bits per heavy atom. The summed E-state index contributed by atoms with van der Waals surface area (Å²) in [6.45, 7) is 5.35. The van der Waals surface area contributed by atoms with Crippen molar-refractivity contribution >= 4 is 23.2 Å². The van der Waals surface area contributed by atoms with E-state index in [4.69, 9.17) is 5.73 Å². The number of likely N-dealkylation sites (tertiary alicyclic amines) is 1. The Balaban J connectivity index is 1.42. The first-order valence-corrected chi connectivity index (χ1v) is 15.0. The van der Waals surface area contributed by atoms with E-state index in [1.54, 1.807) is 19.0 Å². The molecule has 6 atom stereocenters. The zero-order chi connectivity index (χ0) is 30.9. The molecule has 9 nitrogen and oxygen atoms in total. The van der Waals surface area contributed by atoms with Crippen LogP contribution in [0.15, 0.2) is 53.3 Å². The third-order valence-corrected chi connectivity index (χ3v) is 10.2. The molecule has 4 aliphatic rings. The molecule has 6 rings (SSSR count). The molecular formula is C34H39N3O6. The van der Waals surface area contributed by atoms with Crippen LogP contribution in [0.5, 0.6) is 5.75 Å². The normalized spacial score (nSPS) is 29.1. The molecule has 0 spiro atoms. The van der Waals surface area contributed by atoms with Gasteiger partial charge in [0.05, 0.1) is 17.5 Å². The summed E-state index contributed by atoms with van der Waals surface area (Å²) in [5, 5.41) is 33.5. The fourth-order valence-corrected chi connectivity index (χ4v) is 8.14. The van der Waals surface area contributed by atoms with Gasteiger partial charge in [-0.2, -0.15) is 0 Å². The van der Waals surface area contributed by atoms with Crippen molar-refractivity contribution in [3.05, 3.63) is 70.0 Å². The van der Waals surface area contributed by atoms with E-state index in [-0.39, 0.29) is 22.6 Å². The predicted molar refractivity (Wildman–Crippen MR) is 162 cm³/mol. The van der Waals surface area contributed by atoms with Crippen molar-refractivity contribution in [2.75, 3.05) is 14.1 Å². The Morgan fingerprint density at radius 1 is 1.02 bits per heavy atom. The zero-order valence-corrected chi connectivity index (χ0v) is 25.0. The number of nitrogens with zero attached hydrogens (tertiary/aromatic N) is 2. The Morgan fingerprint density at radius 3 is 2.37 bits per heavy atom. The van der Waals surface area contributed by atoms with Gasteiger partial charge in [-0.1, -0.05) is 24.3 Å². The number of Topliss-reactive ketones (excluding diaryl/α,β-unsaturated/α-hetero) is 2. The van der Waals surface area contributed by atoms with Gasteiger partial charge in [0.1, 0.15) is 22.8 Å². The quantitative estimate of drug-likeness (QED) is 0.306. The van der Waals surface area contributed by atoms with Crippen molar-refractivity contribution in [1.82, 2.24) is 9.80 Å². The molecule has 0 bridgehead atoms. The van der Waals surface area contributed by atoms with Crippen LogP contribution < -0.4 is 5.73 Å². The van der Waals surface area contributed by atoms with Crippen LogP contribution in [-0.4, -0.2) is 74.8 Å². The van der Waals surface area contributed by atoms with Crippen molar-refractivity contribution in [2.45, 2.75) is 64.2 Å². The molecule has 226 valence electrons. The number of aliphatic hydroxyl groups is 2. The number of fused-ring (bicyclic) bond motifs is 3. The number of carbonyl (C=O) groups is 3. The summed E-state index contributed by atoms with van der Waals surface area (Å²) in [6.07, 6.45) is 3.04. The number of likely N-dealkylation sites (N-methyl/N-ethyl adjacent to an activating group) is 1. The first kappa shape index (κ1) is 29.1. The van der Waals surface area contributed by atoms with Gasteiger partial charge in [0, 0.05) is 24.2 Å². The van der Waals surface area contributed by atoms with Gasteiger partial charge < -0.3 is 21.1 Å². The maximum Gasteiger partial charge on any atom is 0.255 e. The Hall–Kier alpha value is -3.95. The number of carbonyl (C=O) groups excluding carboxylic acids is 3. The van der Waals surface area contributed by atoms with Crippen LogP contribution in [0.1, 0.15) is 49.8 Å². The van der Waals surface area contributed by atoms with Crippen molar-refractivity contribution < 1.29 is 29.7 Å². The van der Waals surface area contributed by atoms with Gasteiger partial charge in [0.2, 0.25) is 0 Å². The highest BCUT2D eigenvalue weighted by Gasteiger charge is 2.55. The van der Waals surface area contributed by atoms with E-state index in [0.29, 0.717) is 24.9 Å². The lowest BCUT2D eigenvalue weighted by Crippen LogP contribution is -2.55. The molecule has 1 saturated carbocycles. The van der Waals surface area contributed by atoms with E-state index in [0.717, 1.165) is 23.2 Å². The van der Waals surface area contributed by atoms with E-state index in [2.05, 4.69) is 30.9 Å². The second-order valence-corrected chi connectivity index (χ2v) is 12.9. The fraction of sp³-hybridized carbons (Fsp3) is 0.441. The summed E-state index contributed by atoms with van der Waals surface area (Å²) < 4.78 is 0. The highest BCUT2D eigenvalue weighted by molar-refractivity contribution is 6.28. The topological polar surface area (TPSA) is 144 Å². The summed E-state index contributed by atoms with van der Waals surface area (Å²) in [6, 6.07) is 11.9. The molecule has 1 amide bonds. The highest BCUT2D eigenvalue weighted by Crippen LogP contribution is 2.51. The van der Waals surface area contributed by atoms with E-state index < -0.39 is 52.6 Å².